The number of hydrogen-bond acceptors (Lipinski definition) is 4. The predicted octanol–water partition coefficient (Wildman–Crippen LogP) is 3.97. The number of ether oxygens (including phenoxy) is 1. The molecule has 0 unspecified atom stereocenters. The van der Waals surface area contributed by atoms with Gasteiger partial charge in [-0.05, 0) is 24.3 Å². The third-order valence-electron chi connectivity index (χ3n) is 2.35. The molecule has 102 valence electrons. The maximum atomic E-state index is 11.7. The van der Waals surface area contributed by atoms with Crippen LogP contribution in [-0.4, -0.2) is 11.0 Å². The van der Waals surface area contributed by atoms with Gasteiger partial charge in [0.05, 0.1) is 4.92 Å². The topological polar surface area (TPSA) is 81.5 Å². The van der Waals surface area contributed by atoms with E-state index in [0.717, 1.165) is 0 Å². The van der Waals surface area contributed by atoms with E-state index in [0.29, 0.717) is 10.2 Å². The highest BCUT2D eigenvalue weighted by Crippen LogP contribution is 2.28. The molecule has 0 saturated carbocycles. The third kappa shape index (κ3) is 3.55. The van der Waals surface area contributed by atoms with Crippen molar-refractivity contribution in [2.75, 3.05) is 5.32 Å². The van der Waals surface area contributed by atoms with Crippen LogP contribution in [0.25, 0.3) is 0 Å². The normalized spacial score (nSPS) is 9.85. The molecule has 1 N–H and O–H groups in total. The molecule has 2 aromatic carbocycles. The van der Waals surface area contributed by atoms with Crippen LogP contribution in [0.2, 0.25) is 0 Å². The lowest BCUT2D eigenvalue weighted by molar-refractivity contribution is -0.384. The Balaban J connectivity index is 2.14. The van der Waals surface area contributed by atoms with E-state index >= 15 is 0 Å². The molecule has 7 heteroatoms. The molecule has 0 atom stereocenters. The van der Waals surface area contributed by atoms with Gasteiger partial charge in [-0.15, -0.1) is 0 Å². The van der Waals surface area contributed by atoms with Crippen molar-refractivity contribution in [3.8, 4) is 5.75 Å². The second-order valence-corrected chi connectivity index (χ2v) is 4.66. The fourth-order valence-corrected chi connectivity index (χ4v) is 1.84. The van der Waals surface area contributed by atoms with Crippen LogP contribution in [0.1, 0.15) is 0 Å². The molecule has 0 aliphatic rings. The molecule has 20 heavy (non-hydrogen) atoms. The number of para-hydroxylation sites is 1. The molecular formula is C13H9BrN2O4. The molecule has 0 heterocycles. The Morgan fingerprint density at radius 2 is 1.90 bits per heavy atom. The van der Waals surface area contributed by atoms with Crippen LogP contribution in [0.3, 0.4) is 0 Å². The summed E-state index contributed by atoms with van der Waals surface area (Å²) < 4.78 is 5.55. The number of carbonyl (C=O) groups excluding carboxylic acids is 1. The van der Waals surface area contributed by atoms with Crippen molar-refractivity contribution in [3.05, 3.63) is 63.1 Å². The zero-order valence-electron chi connectivity index (χ0n) is 10.1. The van der Waals surface area contributed by atoms with E-state index in [1.807, 2.05) is 0 Å². The minimum absolute atomic E-state index is 0.0686. The maximum Gasteiger partial charge on any atom is 0.417 e. The van der Waals surface area contributed by atoms with Gasteiger partial charge in [0.25, 0.3) is 5.69 Å². The van der Waals surface area contributed by atoms with Crippen LogP contribution in [0, 0.1) is 10.1 Å². The quantitative estimate of drug-likeness (QED) is 0.679. The predicted molar refractivity (Wildman–Crippen MR) is 76.9 cm³/mol. The molecule has 0 fully saturated rings. The van der Waals surface area contributed by atoms with E-state index < -0.39 is 11.0 Å². The molecule has 0 aromatic heterocycles. The average Bonchev–Trinajstić information content (AvgIpc) is 2.41. The average molecular weight is 337 g/mol. The van der Waals surface area contributed by atoms with Crippen LogP contribution in [0.15, 0.2) is 53.0 Å². The Morgan fingerprint density at radius 3 is 2.55 bits per heavy atom. The Kier molecular flexibility index (Phi) is 4.31. The number of nitrogens with zero attached hydrogens (tertiary/aromatic N) is 1. The summed E-state index contributed by atoms with van der Waals surface area (Å²) in [5.41, 5.74) is -0.150. The fraction of sp³-hybridized carbons (Fsp3) is 0. The van der Waals surface area contributed by atoms with E-state index in [2.05, 4.69) is 21.2 Å². The van der Waals surface area contributed by atoms with Gasteiger partial charge in [0, 0.05) is 10.5 Å². The van der Waals surface area contributed by atoms with Gasteiger partial charge in [0.2, 0.25) is 0 Å². The number of benzene rings is 2. The summed E-state index contributed by atoms with van der Waals surface area (Å²) in [6.45, 7) is 0. The van der Waals surface area contributed by atoms with Crippen LogP contribution in [0.5, 0.6) is 5.75 Å². The van der Waals surface area contributed by atoms with Crippen LogP contribution in [-0.2, 0) is 0 Å². The van der Waals surface area contributed by atoms with Crippen molar-refractivity contribution < 1.29 is 14.5 Å². The minimum Gasteiger partial charge on any atom is -0.410 e. The summed E-state index contributed by atoms with van der Waals surface area (Å²) in [6, 6.07) is 12.7. The van der Waals surface area contributed by atoms with Crippen LogP contribution in [0.4, 0.5) is 16.2 Å². The van der Waals surface area contributed by atoms with Crippen molar-refractivity contribution in [2.45, 2.75) is 0 Å². The van der Waals surface area contributed by atoms with E-state index in [1.54, 1.807) is 36.4 Å². The molecule has 0 aliphatic heterocycles. The van der Waals surface area contributed by atoms with Crippen molar-refractivity contribution in [1.82, 2.24) is 0 Å². The first-order valence-corrected chi connectivity index (χ1v) is 6.33. The second kappa shape index (κ2) is 6.16. The number of nitro groups is 1. The molecule has 0 spiro atoms. The summed E-state index contributed by atoms with van der Waals surface area (Å²) >= 11 is 3.14. The summed E-state index contributed by atoms with van der Waals surface area (Å²) in [7, 11) is 0. The van der Waals surface area contributed by atoms with Gasteiger partial charge in [-0.2, -0.15) is 0 Å². The zero-order valence-corrected chi connectivity index (χ0v) is 11.7. The van der Waals surface area contributed by atoms with E-state index in [1.165, 1.54) is 12.1 Å². The molecule has 0 radical (unpaired) electrons. The smallest absolute Gasteiger partial charge is 0.410 e. The standard InChI is InChI=1S/C13H9BrN2O4/c14-9-6-7-11(12(8-9)16(18)19)15-13(17)20-10-4-2-1-3-5-10/h1-8H,(H,15,17). The molecule has 1 amide bonds. The number of carbonyl (C=O) groups is 1. The van der Waals surface area contributed by atoms with Crippen LogP contribution >= 0.6 is 15.9 Å². The highest BCUT2D eigenvalue weighted by atomic mass is 79.9. The van der Waals surface area contributed by atoms with Crippen molar-refractivity contribution in [3.63, 3.8) is 0 Å². The Morgan fingerprint density at radius 1 is 1.20 bits per heavy atom. The van der Waals surface area contributed by atoms with Gasteiger partial charge in [-0.1, -0.05) is 34.1 Å². The molecule has 6 nitrogen and oxygen atoms in total. The Hall–Kier alpha value is -2.41. The van der Waals surface area contributed by atoms with Gasteiger partial charge in [-0.3, -0.25) is 15.4 Å². The van der Waals surface area contributed by atoms with Gasteiger partial charge in [0.1, 0.15) is 11.4 Å². The number of nitro benzene ring substituents is 1. The molecule has 0 bridgehead atoms. The largest absolute Gasteiger partial charge is 0.417 e. The second-order valence-electron chi connectivity index (χ2n) is 3.75. The number of nitrogens with one attached hydrogen (secondary N) is 1. The third-order valence-corrected chi connectivity index (χ3v) is 2.84. The van der Waals surface area contributed by atoms with Crippen molar-refractivity contribution in [2.24, 2.45) is 0 Å². The molecular weight excluding hydrogens is 328 g/mol. The van der Waals surface area contributed by atoms with E-state index in [9.17, 15) is 14.9 Å². The number of rotatable bonds is 3. The Labute approximate surface area is 122 Å². The van der Waals surface area contributed by atoms with Gasteiger partial charge >= 0.3 is 6.09 Å². The first-order valence-electron chi connectivity index (χ1n) is 5.54. The maximum absolute atomic E-state index is 11.7. The molecule has 2 rings (SSSR count). The van der Waals surface area contributed by atoms with Gasteiger partial charge in [-0.25, -0.2) is 4.79 Å². The summed E-state index contributed by atoms with van der Waals surface area (Å²) in [4.78, 5) is 22.0. The van der Waals surface area contributed by atoms with Crippen molar-refractivity contribution in [1.29, 1.82) is 0 Å². The van der Waals surface area contributed by atoms with Gasteiger partial charge in [0.15, 0.2) is 0 Å². The number of anilines is 1. The highest BCUT2D eigenvalue weighted by molar-refractivity contribution is 9.10. The zero-order chi connectivity index (χ0) is 14.5. The Bertz CT molecular complexity index is 646. The lowest BCUT2D eigenvalue weighted by atomic mass is 10.3. The monoisotopic (exact) mass is 336 g/mol. The lowest BCUT2D eigenvalue weighted by Gasteiger charge is -2.07. The minimum atomic E-state index is -0.790. The first-order chi connectivity index (χ1) is 9.56. The van der Waals surface area contributed by atoms with Gasteiger partial charge < -0.3 is 4.74 Å². The summed E-state index contributed by atoms with van der Waals surface area (Å²) in [6.07, 6.45) is -0.790. The SMILES string of the molecule is O=C(Nc1ccc(Br)cc1[N+](=O)[O-])Oc1ccccc1. The fourth-order valence-electron chi connectivity index (χ4n) is 1.49. The van der Waals surface area contributed by atoms with E-state index in [4.69, 9.17) is 4.74 Å². The summed E-state index contributed by atoms with van der Waals surface area (Å²) in [5.74, 6) is 0.352. The lowest BCUT2D eigenvalue weighted by Crippen LogP contribution is -2.17. The van der Waals surface area contributed by atoms with E-state index in [-0.39, 0.29) is 11.4 Å². The number of amides is 1. The molecule has 0 saturated heterocycles. The number of hydrogen-bond donors (Lipinski definition) is 1. The first kappa shape index (κ1) is 14.0. The number of halogens is 1. The highest BCUT2D eigenvalue weighted by Gasteiger charge is 2.17. The molecule has 0 aliphatic carbocycles. The van der Waals surface area contributed by atoms with Crippen molar-refractivity contribution >= 4 is 33.4 Å². The molecule has 2 aromatic rings. The van der Waals surface area contributed by atoms with Crippen LogP contribution < -0.4 is 10.1 Å². The summed E-state index contributed by atoms with van der Waals surface area (Å²) in [5, 5.41) is 13.3.